The number of hydrogen-bond acceptors (Lipinski definition) is 3. The Hall–Kier alpha value is -1.36. The second kappa shape index (κ2) is 5.31. The Balaban J connectivity index is 2.51. The highest BCUT2D eigenvalue weighted by atomic mass is 16.2. The van der Waals surface area contributed by atoms with Crippen LogP contribution in [0.1, 0.15) is 30.8 Å². The molecule has 0 saturated carbocycles. The molecule has 0 spiro atoms. The summed E-state index contributed by atoms with van der Waals surface area (Å²) >= 11 is 0. The molecule has 0 bridgehead atoms. The Kier molecular flexibility index (Phi) is 4.28. The van der Waals surface area contributed by atoms with Gasteiger partial charge in [-0.3, -0.25) is 9.89 Å². The van der Waals surface area contributed by atoms with E-state index in [1.807, 2.05) is 27.7 Å². The Labute approximate surface area is 102 Å². The summed E-state index contributed by atoms with van der Waals surface area (Å²) in [6.45, 7) is 9.19. The van der Waals surface area contributed by atoms with Crippen molar-refractivity contribution in [3.63, 3.8) is 0 Å². The number of aryl methyl sites for hydroxylation is 2. The molecule has 3 N–H and O–H groups in total. The van der Waals surface area contributed by atoms with E-state index in [-0.39, 0.29) is 5.91 Å². The molecule has 1 aromatic heterocycles. The van der Waals surface area contributed by atoms with Gasteiger partial charge >= 0.3 is 0 Å². The van der Waals surface area contributed by atoms with Gasteiger partial charge in [0.2, 0.25) is 5.91 Å². The van der Waals surface area contributed by atoms with Crippen LogP contribution >= 0.6 is 0 Å². The van der Waals surface area contributed by atoms with Crippen LogP contribution in [0, 0.1) is 19.3 Å². The van der Waals surface area contributed by atoms with Gasteiger partial charge in [0.25, 0.3) is 0 Å². The predicted octanol–water partition coefficient (Wildman–Crippen LogP) is 0.888. The van der Waals surface area contributed by atoms with Crippen molar-refractivity contribution >= 4 is 5.91 Å². The van der Waals surface area contributed by atoms with Crippen molar-refractivity contribution in [2.75, 3.05) is 13.6 Å². The molecule has 5 nitrogen and oxygen atoms in total. The predicted molar refractivity (Wildman–Crippen MR) is 67.6 cm³/mol. The van der Waals surface area contributed by atoms with Crippen LogP contribution in [0.3, 0.4) is 0 Å². The summed E-state index contributed by atoms with van der Waals surface area (Å²) in [5.74, 6) is 0.0469. The molecule has 0 atom stereocenters. The number of amides is 1. The van der Waals surface area contributed by atoms with Crippen molar-refractivity contribution < 1.29 is 4.79 Å². The van der Waals surface area contributed by atoms with Gasteiger partial charge in [-0.15, -0.1) is 0 Å². The fourth-order valence-electron chi connectivity index (χ4n) is 1.75. The van der Waals surface area contributed by atoms with Crippen LogP contribution in [-0.4, -0.2) is 29.7 Å². The molecule has 1 amide bonds. The van der Waals surface area contributed by atoms with E-state index in [4.69, 9.17) is 0 Å². The largest absolute Gasteiger partial charge is 0.359 e. The molecular weight excluding hydrogens is 216 g/mol. The molecule has 0 aromatic carbocycles. The zero-order chi connectivity index (χ0) is 13.1. The van der Waals surface area contributed by atoms with Gasteiger partial charge in [0.15, 0.2) is 0 Å². The minimum absolute atomic E-state index is 0.0469. The average molecular weight is 238 g/mol. The van der Waals surface area contributed by atoms with Crippen molar-refractivity contribution in [1.29, 1.82) is 0 Å². The number of hydrogen-bond donors (Lipinski definition) is 3. The summed E-state index contributed by atoms with van der Waals surface area (Å²) in [5, 5.41) is 13.1. The third-order valence-corrected chi connectivity index (χ3v) is 2.99. The SMILES string of the molecule is CNC(=O)C(C)(C)CNCc1c(C)n[nH]c1C. The quantitative estimate of drug-likeness (QED) is 0.713. The maximum atomic E-state index is 11.6. The number of rotatable bonds is 5. The second-order valence-corrected chi connectivity index (χ2v) is 4.98. The maximum absolute atomic E-state index is 11.6. The van der Waals surface area contributed by atoms with Crippen molar-refractivity contribution in [3.05, 3.63) is 17.0 Å². The molecular formula is C12H22N4O. The monoisotopic (exact) mass is 238 g/mol. The van der Waals surface area contributed by atoms with Crippen LogP contribution in [-0.2, 0) is 11.3 Å². The Morgan fingerprint density at radius 1 is 1.41 bits per heavy atom. The highest BCUT2D eigenvalue weighted by Crippen LogP contribution is 2.14. The average Bonchev–Trinajstić information content (AvgIpc) is 2.59. The summed E-state index contributed by atoms with van der Waals surface area (Å²) in [6, 6.07) is 0. The summed E-state index contributed by atoms with van der Waals surface area (Å²) < 4.78 is 0. The van der Waals surface area contributed by atoms with Gasteiger partial charge in [0, 0.05) is 31.4 Å². The zero-order valence-electron chi connectivity index (χ0n) is 11.3. The minimum atomic E-state index is -0.402. The topological polar surface area (TPSA) is 69.8 Å². The number of carbonyl (C=O) groups excluding carboxylic acids is 1. The number of carbonyl (C=O) groups is 1. The van der Waals surface area contributed by atoms with E-state index in [0.717, 1.165) is 17.9 Å². The van der Waals surface area contributed by atoms with Crippen LogP contribution < -0.4 is 10.6 Å². The molecule has 1 aromatic rings. The molecule has 1 heterocycles. The van der Waals surface area contributed by atoms with E-state index in [1.54, 1.807) is 7.05 Å². The smallest absolute Gasteiger partial charge is 0.226 e. The highest BCUT2D eigenvalue weighted by Gasteiger charge is 2.25. The molecule has 0 aliphatic heterocycles. The highest BCUT2D eigenvalue weighted by molar-refractivity contribution is 5.81. The van der Waals surface area contributed by atoms with Gasteiger partial charge in [0.1, 0.15) is 0 Å². The maximum Gasteiger partial charge on any atom is 0.226 e. The molecule has 96 valence electrons. The van der Waals surface area contributed by atoms with E-state index in [1.165, 1.54) is 5.56 Å². The second-order valence-electron chi connectivity index (χ2n) is 4.98. The van der Waals surface area contributed by atoms with E-state index >= 15 is 0 Å². The molecule has 17 heavy (non-hydrogen) atoms. The molecule has 0 fully saturated rings. The first-order chi connectivity index (χ1) is 7.88. The van der Waals surface area contributed by atoms with Gasteiger partial charge in [-0.2, -0.15) is 5.10 Å². The molecule has 0 saturated heterocycles. The van der Waals surface area contributed by atoms with Crippen LogP contribution in [0.4, 0.5) is 0 Å². The van der Waals surface area contributed by atoms with Crippen molar-refractivity contribution in [2.45, 2.75) is 34.2 Å². The standard InChI is InChI=1S/C12H22N4O/c1-8-10(9(2)16-15-8)6-14-7-12(3,4)11(17)13-5/h14H,6-7H2,1-5H3,(H,13,17)(H,15,16). The molecule has 1 rings (SSSR count). The van der Waals surface area contributed by atoms with Gasteiger partial charge in [0.05, 0.1) is 11.1 Å². The zero-order valence-corrected chi connectivity index (χ0v) is 11.3. The third kappa shape index (κ3) is 3.30. The van der Waals surface area contributed by atoms with Crippen LogP contribution in [0.15, 0.2) is 0 Å². The lowest BCUT2D eigenvalue weighted by molar-refractivity contribution is -0.128. The first-order valence-electron chi connectivity index (χ1n) is 5.82. The summed E-state index contributed by atoms with van der Waals surface area (Å²) in [6.07, 6.45) is 0. The lowest BCUT2D eigenvalue weighted by atomic mass is 9.92. The normalized spacial score (nSPS) is 11.6. The van der Waals surface area contributed by atoms with Crippen molar-refractivity contribution in [1.82, 2.24) is 20.8 Å². The lowest BCUT2D eigenvalue weighted by Crippen LogP contribution is -2.41. The number of aromatic amines is 1. The van der Waals surface area contributed by atoms with Crippen LogP contribution in [0.2, 0.25) is 0 Å². The van der Waals surface area contributed by atoms with Crippen LogP contribution in [0.25, 0.3) is 0 Å². The number of nitrogens with zero attached hydrogens (tertiary/aromatic N) is 1. The Morgan fingerprint density at radius 3 is 2.53 bits per heavy atom. The Bertz CT molecular complexity index is 376. The molecule has 5 heteroatoms. The number of H-pyrrole nitrogens is 1. The molecule has 0 radical (unpaired) electrons. The summed E-state index contributed by atoms with van der Waals surface area (Å²) in [5.41, 5.74) is 2.86. The molecule has 0 aliphatic rings. The Morgan fingerprint density at radius 2 is 2.06 bits per heavy atom. The fraction of sp³-hybridized carbons (Fsp3) is 0.667. The van der Waals surface area contributed by atoms with Gasteiger partial charge < -0.3 is 10.6 Å². The number of nitrogens with one attached hydrogen (secondary N) is 3. The lowest BCUT2D eigenvalue weighted by Gasteiger charge is -2.22. The van der Waals surface area contributed by atoms with E-state index in [2.05, 4.69) is 20.8 Å². The molecule has 0 unspecified atom stereocenters. The fourth-order valence-corrected chi connectivity index (χ4v) is 1.75. The minimum Gasteiger partial charge on any atom is -0.359 e. The molecule has 0 aliphatic carbocycles. The van der Waals surface area contributed by atoms with Crippen molar-refractivity contribution in [2.24, 2.45) is 5.41 Å². The van der Waals surface area contributed by atoms with Gasteiger partial charge in [-0.05, 0) is 27.7 Å². The van der Waals surface area contributed by atoms with Crippen LogP contribution in [0.5, 0.6) is 0 Å². The van der Waals surface area contributed by atoms with Crippen molar-refractivity contribution in [3.8, 4) is 0 Å². The summed E-state index contributed by atoms with van der Waals surface area (Å²) in [4.78, 5) is 11.6. The number of aromatic nitrogens is 2. The first kappa shape index (κ1) is 13.7. The van der Waals surface area contributed by atoms with Gasteiger partial charge in [-0.1, -0.05) is 0 Å². The van der Waals surface area contributed by atoms with Gasteiger partial charge in [-0.25, -0.2) is 0 Å². The first-order valence-corrected chi connectivity index (χ1v) is 5.82. The van der Waals surface area contributed by atoms with E-state index in [9.17, 15) is 4.79 Å². The third-order valence-electron chi connectivity index (χ3n) is 2.99. The van der Waals surface area contributed by atoms with E-state index in [0.29, 0.717) is 6.54 Å². The van der Waals surface area contributed by atoms with E-state index < -0.39 is 5.41 Å². The summed E-state index contributed by atoms with van der Waals surface area (Å²) in [7, 11) is 1.66.